The molecule has 146 valence electrons. The predicted octanol–water partition coefficient (Wildman–Crippen LogP) is 4.88. The molecule has 1 aliphatic heterocycles. The number of unbranched alkanes of at least 4 members (excludes halogenated alkanes) is 9. The molecule has 1 rings (SSSR count). The summed E-state index contributed by atoms with van der Waals surface area (Å²) in [6.45, 7) is 5.78. The van der Waals surface area contributed by atoms with Crippen molar-refractivity contribution in [2.24, 2.45) is 5.92 Å². The summed E-state index contributed by atoms with van der Waals surface area (Å²) in [5.74, 6) is -0.484. The number of aliphatic hydroxyl groups is 2. The highest BCUT2D eigenvalue weighted by atomic mass is 16.6. The second kappa shape index (κ2) is 11.7. The van der Waals surface area contributed by atoms with Gasteiger partial charge < -0.3 is 14.9 Å². The molecule has 0 aromatic rings. The van der Waals surface area contributed by atoms with Gasteiger partial charge in [0.2, 0.25) is 6.29 Å². The molecule has 0 spiro atoms. The number of cyclic esters (lactones) is 1. The summed E-state index contributed by atoms with van der Waals surface area (Å²) in [6, 6.07) is 0. The molecule has 4 heteroatoms. The van der Waals surface area contributed by atoms with Gasteiger partial charge in [-0.05, 0) is 32.6 Å². The van der Waals surface area contributed by atoms with Crippen LogP contribution in [0.3, 0.4) is 0 Å². The predicted molar refractivity (Wildman–Crippen MR) is 101 cm³/mol. The van der Waals surface area contributed by atoms with E-state index in [1.54, 1.807) is 13.8 Å². The van der Waals surface area contributed by atoms with Gasteiger partial charge in [-0.3, -0.25) is 0 Å². The Balaban J connectivity index is 2.25. The summed E-state index contributed by atoms with van der Waals surface area (Å²) in [5.41, 5.74) is -0.196. The summed E-state index contributed by atoms with van der Waals surface area (Å²) < 4.78 is 4.81. The van der Waals surface area contributed by atoms with Crippen LogP contribution in [0.5, 0.6) is 0 Å². The molecular weight excluding hydrogens is 316 g/mol. The van der Waals surface area contributed by atoms with Crippen LogP contribution in [0.25, 0.3) is 0 Å². The van der Waals surface area contributed by atoms with Crippen molar-refractivity contribution in [1.82, 2.24) is 0 Å². The van der Waals surface area contributed by atoms with E-state index >= 15 is 0 Å². The Labute approximate surface area is 153 Å². The lowest BCUT2D eigenvalue weighted by Gasteiger charge is -2.26. The SMILES string of the molecule is CCCCCCCCCCCCC(CC(C)(C)O)C1=CC(=O)OC1O. The van der Waals surface area contributed by atoms with E-state index in [0.717, 1.165) is 19.3 Å². The van der Waals surface area contributed by atoms with E-state index in [4.69, 9.17) is 4.74 Å². The Kier molecular flexibility index (Phi) is 10.4. The van der Waals surface area contributed by atoms with Gasteiger partial charge in [-0.1, -0.05) is 71.1 Å². The molecule has 2 unspecified atom stereocenters. The quantitative estimate of drug-likeness (QED) is 0.345. The van der Waals surface area contributed by atoms with E-state index in [-0.39, 0.29) is 5.92 Å². The van der Waals surface area contributed by atoms with Crippen molar-refractivity contribution in [1.29, 1.82) is 0 Å². The Morgan fingerprint density at radius 1 is 1.04 bits per heavy atom. The highest BCUT2D eigenvalue weighted by Gasteiger charge is 2.32. The molecule has 0 saturated heterocycles. The molecule has 0 bridgehead atoms. The van der Waals surface area contributed by atoms with Crippen molar-refractivity contribution < 1.29 is 19.7 Å². The maximum Gasteiger partial charge on any atom is 0.333 e. The van der Waals surface area contributed by atoms with Crippen LogP contribution >= 0.6 is 0 Å². The van der Waals surface area contributed by atoms with Crippen LogP contribution in [0.4, 0.5) is 0 Å². The number of esters is 1. The molecule has 0 aromatic heterocycles. The third-order valence-corrected chi connectivity index (χ3v) is 4.92. The standard InChI is InChI=1S/C21H38O4/c1-4-5-6-7-8-9-10-11-12-13-14-17(16-21(2,3)24)18-15-19(22)25-20(18)23/h15,17,20,23-24H,4-14,16H2,1-3H3. The Hall–Kier alpha value is -0.870. The van der Waals surface area contributed by atoms with E-state index < -0.39 is 17.9 Å². The molecular formula is C21H38O4. The van der Waals surface area contributed by atoms with Gasteiger partial charge in [-0.15, -0.1) is 0 Å². The summed E-state index contributed by atoms with van der Waals surface area (Å²) in [4.78, 5) is 11.4. The number of carbonyl (C=O) groups excluding carboxylic acids is 1. The first-order chi connectivity index (χ1) is 11.8. The van der Waals surface area contributed by atoms with Gasteiger partial charge in [0, 0.05) is 11.6 Å². The summed E-state index contributed by atoms with van der Waals surface area (Å²) in [6.07, 6.45) is 14.5. The number of hydrogen-bond acceptors (Lipinski definition) is 4. The molecule has 1 aliphatic rings. The molecule has 0 saturated carbocycles. The largest absolute Gasteiger partial charge is 0.429 e. The monoisotopic (exact) mass is 354 g/mol. The molecule has 1 heterocycles. The van der Waals surface area contributed by atoms with Gasteiger partial charge in [0.1, 0.15) is 0 Å². The zero-order valence-corrected chi connectivity index (χ0v) is 16.4. The lowest BCUT2D eigenvalue weighted by molar-refractivity contribution is -0.151. The fourth-order valence-corrected chi connectivity index (χ4v) is 3.61. The maximum atomic E-state index is 11.4. The average molecular weight is 355 g/mol. The molecule has 0 amide bonds. The van der Waals surface area contributed by atoms with E-state index in [2.05, 4.69) is 6.92 Å². The number of carbonyl (C=O) groups is 1. The van der Waals surface area contributed by atoms with E-state index in [1.807, 2.05) is 0 Å². The zero-order valence-electron chi connectivity index (χ0n) is 16.4. The Morgan fingerprint density at radius 2 is 1.56 bits per heavy atom. The first kappa shape index (κ1) is 22.2. The summed E-state index contributed by atoms with van der Waals surface area (Å²) in [5, 5.41) is 20.0. The topological polar surface area (TPSA) is 66.8 Å². The van der Waals surface area contributed by atoms with Gasteiger partial charge in [0.25, 0.3) is 0 Å². The average Bonchev–Trinajstić information content (AvgIpc) is 2.85. The van der Waals surface area contributed by atoms with Crippen LogP contribution in [0.1, 0.15) is 97.8 Å². The van der Waals surface area contributed by atoms with Crippen molar-refractivity contribution in [2.75, 3.05) is 0 Å². The van der Waals surface area contributed by atoms with Crippen LogP contribution in [0.2, 0.25) is 0 Å². The van der Waals surface area contributed by atoms with Crippen molar-refractivity contribution in [3.05, 3.63) is 11.6 Å². The fourth-order valence-electron chi connectivity index (χ4n) is 3.61. The van der Waals surface area contributed by atoms with Gasteiger partial charge in [0.05, 0.1) is 5.60 Å². The van der Waals surface area contributed by atoms with Crippen LogP contribution in [0, 0.1) is 5.92 Å². The smallest absolute Gasteiger partial charge is 0.333 e. The highest BCUT2D eigenvalue weighted by Crippen LogP contribution is 2.32. The van der Waals surface area contributed by atoms with Crippen molar-refractivity contribution in [3.8, 4) is 0 Å². The summed E-state index contributed by atoms with van der Waals surface area (Å²) >= 11 is 0. The molecule has 2 atom stereocenters. The van der Waals surface area contributed by atoms with Gasteiger partial charge in [-0.25, -0.2) is 4.79 Å². The van der Waals surface area contributed by atoms with E-state index in [9.17, 15) is 15.0 Å². The van der Waals surface area contributed by atoms with Crippen molar-refractivity contribution in [2.45, 2.75) is 110 Å². The van der Waals surface area contributed by atoms with Crippen molar-refractivity contribution >= 4 is 5.97 Å². The minimum absolute atomic E-state index is 0.00417. The minimum Gasteiger partial charge on any atom is -0.429 e. The second-order valence-corrected chi connectivity index (χ2v) is 8.12. The molecule has 0 fully saturated rings. The second-order valence-electron chi connectivity index (χ2n) is 8.12. The number of aliphatic hydroxyl groups excluding tert-OH is 1. The molecule has 0 radical (unpaired) electrons. The lowest BCUT2D eigenvalue weighted by atomic mass is 9.83. The first-order valence-corrected chi connectivity index (χ1v) is 10.2. The lowest BCUT2D eigenvalue weighted by Crippen LogP contribution is -2.27. The molecule has 4 nitrogen and oxygen atoms in total. The third-order valence-electron chi connectivity index (χ3n) is 4.92. The Bertz CT molecular complexity index is 409. The molecule has 0 aliphatic carbocycles. The van der Waals surface area contributed by atoms with Crippen LogP contribution in [-0.4, -0.2) is 28.1 Å². The minimum atomic E-state index is -1.14. The Morgan fingerprint density at radius 3 is 2.00 bits per heavy atom. The number of ether oxygens (including phenoxy) is 1. The molecule has 25 heavy (non-hydrogen) atoms. The van der Waals surface area contributed by atoms with Crippen LogP contribution in [0.15, 0.2) is 11.6 Å². The van der Waals surface area contributed by atoms with Gasteiger partial charge in [-0.2, -0.15) is 0 Å². The van der Waals surface area contributed by atoms with Gasteiger partial charge in [0.15, 0.2) is 0 Å². The first-order valence-electron chi connectivity index (χ1n) is 10.2. The number of rotatable bonds is 14. The molecule has 0 aromatic carbocycles. The highest BCUT2D eigenvalue weighted by molar-refractivity contribution is 5.85. The zero-order chi connectivity index (χ0) is 18.7. The molecule has 2 N–H and O–H groups in total. The number of hydrogen-bond donors (Lipinski definition) is 2. The normalized spacial score (nSPS) is 19.0. The van der Waals surface area contributed by atoms with Crippen molar-refractivity contribution in [3.63, 3.8) is 0 Å². The van der Waals surface area contributed by atoms with Crippen LogP contribution in [-0.2, 0) is 9.53 Å². The summed E-state index contributed by atoms with van der Waals surface area (Å²) in [7, 11) is 0. The van der Waals surface area contributed by atoms with Gasteiger partial charge >= 0.3 is 5.97 Å². The van der Waals surface area contributed by atoms with Crippen LogP contribution < -0.4 is 0 Å². The third kappa shape index (κ3) is 10.0. The van der Waals surface area contributed by atoms with E-state index in [1.165, 1.54) is 57.4 Å². The fraction of sp³-hybridized carbons (Fsp3) is 0.857. The van der Waals surface area contributed by atoms with E-state index in [0.29, 0.717) is 12.0 Å². The maximum absolute atomic E-state index is 11.4.